The molecular formula is C17H29N3O. The van der Waals surface area contributed by atoms with Crippen LogP contribution in [0.25, 0.3) is 0 Å². The van der Waals surface area contributed by atoms with E-state index >= 15 is 0 Å². The fraction of sp³-hybridized carbons (Fsp3) is 0.882. The van der Waals surface area contributed by atoms with Crippen LogP contribution in [0.1, 0.15) is 47.0 Å². The zero-order valence-electron chi connectivity index (χ0n) is 13.9. The number of carbonyl (C=O) groups is 1. The van der Waals surface area contributed by atoms with E-state index in [9.17, 15) is 10.1 Å². The van der Waals surface area contributed by atoms with Gasteiger partial charge in [-0.3, -0.25) is 9.69 Å². The van der Waals surface area contributed by atoms with Crippen molar-refractivity contribution in [2.45, 2.75) is 53.0 Å². The van der Waals surface area contributed by atoms with Crippen LogP contribution in [0.5, 0.6) is 0 Å². The van der Waals surface area contributed by atoms with Crippen LogP contribution in [0.3, 0.4) is 0 Å². The predicted octanol–water partition coefficient (Wildman–Crippen LogP) is 2.51. The monoisotopic (exact) mass is 291 g/mol. The number of nitrogens with zero attached hydrogens (tertiary/aromatic N) is 3. The maximum Gasteiger partial charge on any atom is 0.219 e. The lowest BCUT2D eigenvalue weighted by Gasteiger charge is -2.46. The first kappa shape index (κ1) is 16.3. The molecule has 4 heteroatoms. The minimum absolute atomic E-state index is 0.160. The largest absolute Gasteiger partial charge is 0.340 e. The Labute approximate surface area is 129 Å². The SMILES string of the molecule is CC(=O)N1CCN(C2CC(C(C)(C)C)CCC2C#N)CC1. The number of rotatable bonds is 1. The molecule has 1 aliphatic carbocycles. The molecule has 0 bridgehead atoms. The van der Waals surface area contributed by atoms with Crippen LogP contribution in [-0.2, 0) is 4.79 Å². The highest BCUT2D eigenvalue weighted by Crippen LogP contribution is 2.41. The Kier molecular flexibility index (Phi) is 4.93. The van der Waals surface area contributed by atoms with Gasteiger partial charge in [0.15, 0.2) is 0 Å². The summed E-state index contributed by atoms with van der Waals surface area (Å²) in [6.07, 6.45) is 3.32. The Hall–Kier alpha value is -1.08. The summed E-state index contributed by atoms with van der Waals surface area (Å²) in [5, 5.41) is 9.48. The molecule has 0 spiro atoms. The number of nitriles is 1. The molecule has 0 aromatic heterocycles. The lowest BCUT2D eigenvalue weighted by atomic mass is 9.67. The van der Waals surface area contributed by atoms with Gasteiger partial charge in [0.05, 0.1) is 12.0 Å². The van der Waals surface area contributed by atoms with Crippen LogP contribution in [0.4, 0.5) is 0 Å². The van der Waals surface area contributed by atoms with E-state index in [0.29, 0.717) is 17.4 Å². The fourth-order valence-corrected chi connectivity index (χ4v) is 3.86. The molecule has 2 aliphatic rings. The molecule has 118 valence electrons. The van der Waals surface area contributed by atoms with E-state index in [-0.39, 0.29) is 11.8 Å². The van der Waals surface area contributed by atoms with Crippen molar-refractivity contribution in [3.63, 3.8) is 0 Å². The van der Waals surface area contributed by atoms with E-state index in [1.807, 2.05) is 4.90 Å². The van der Waals surface area contributed by atoms with Crippen molar-refractivity contribution >= 4 is 5.91 Å². The van der Waals surface area contributed by atoms with Gasteiger partial charge in [-0.05, 0) is 30.6 Å². The Bertz CT molecular complexity index is 413. The summed E-state index contributed by atoms with van der Waals surface area (Å²) in [6, 6.07) is 2.91. The summed E-state index contributed by atoms with van der Waals surface area (Å²) >= 11 is 0. The van der Waals surface area contributed by atoms with Gasteiger partial charge >= 0.3 is 0 Å². The van der Waals surface area contributed by atoms with Crippen molar-refractivity contribution in [3.05, 3.63) is 0 Å². The van der Waals surface area contributed by atoms with E-state index < -0.39 is 0 Å². The van der Waals surface area contributed by atoms with Gasteiger partial charge in [-0.25, -0.2) is 0 Å². The zero-order valence-corrected chi connectivity index (χ0v) is 13.9. The number of piperazine rings is 1. The molecule has 4 nitrogen and oxygen atoms in total. The zero-order chi connectivity index (χ0) is 15.6. The predicted molar refractivity (Wildman–Crippen MR) is 83.5 cm³/mol. The number of hydrogen-bond donors (Lipinski definition) is 0. The number of hydrogen-bond acceptors (Lipinski definition) is 3. The molecule has 2 fully saturated rings. The summed E-state index contributed by atoms with van der Waals surface area (Å²) in [7, 11) is 0. The lowest BCUT2D eigenvalue weighted by molar-refractivity contribution is -0.131. The highest BCUT2D eigenvalue weighted by atomic mass is 16.2. The van der Waals surface area contributed by atoms with Gasteiger partial charge in [0.2, 0.25) is 5.91 Å². The average molecular weight is 291 g/mol. The van der Waals surface area contributed by atoms with E-state index in [4.69, 9.17) is 0 Å². The molecule has 3 atom stereocenters. The van der Waals surface area contributed by atoms with E-state index in [1.54, 1.807) is 6.92 Å². The molecular weight excluding hydrogens is 262 g/mol. The molecule has 0 N–H and O–H groups in total. The van der Waals surface area contributed by atoms with Crippen LogP contribution in [0, 0.1) is 28.6 Å². The summed E-state index contributed by atoms with van der Waals surface area (Å²) in [5.74, 6) is 1.02. The van der Waals surface area contributed by atoms with Gasteiger partial charge in [-0.1, -0.05) is 20.8 Å². The van der Waals surface area contributed by atoms with Crippen LogP contribution < -0.4 is 0 Å². The first-order valence-electron chi connectivity index (χ1n) is 8.22. The summed E-state index contributed by atoms with van der Waals surface area (Å²) < 4.78 is 0. The van der Waals surface area contributed by atoms with Gasteiger partial charge < -0.3 is 4.90 Å². The fourth-order valence-electron chi connectivity index (χ4n) is 3.86. The minimum atomic E-state index is 0.160. The molecule has 0 aromatic carbocycles. The topological polar surface area (TPSA) is 47.3 Å². The molecule has 1 heterocycles. The Morgan fingerprint density at radius 1 is 1.14 bits per heavy atom. The first-order valence-corrected chi connectivity index (χ1v) is 8.22. The highest BCUT2D eigenvalue weighted by molar-refractivity contribution is 5.73. The van der Waals surface area contributed by atoms with Gasteiger partial charge in [-0.15, -0.1) is 0 Å². The summed E-state index contributed by atoms with van der Waals surface area (Å²) in [6.45, 7) is 12.0. The molecule has 0 radical (unpaired) electrons. The normalized spacial score (nSPS) is 31.8. The molecule has 1 aliphatic heterocycles. The summed E-state index contributed by atoms with van der Waals surface area (Å²) in [4.78, 5) is 15.8. The maximum absolute atomic E-state index is 11.4. The molecule has 1 amide bonds. The van der Waals surface area contributed by atoms with Crippen molar-refractivity contribution in [2.75, 3.05) is 26.2 Å². The number of carbonyl (C=O) groups excluding carboxylic acids is 1. The third-order valence-electron chi connectivity index (χ3n) is 5.44. The van der Waals surface area contributed by atoms with Crippen LogP contribution in [0.2, 0.25) is 0 Å². The second-order valence-corrected chi connectivity index (χ2v) is 7.72. The molecule has 21 heavy (non-hydrogen) atoms. The molecule has 0 aromatic rings. The minimum Gasteiger partial charge on any atom is -0.340 e. The Balaban J connectivity index is 2.02. The van der Waals surface area contributed by atoms with E-state index in [0.717, 1.165) is 39.0 Å². The second-order valence-electron chi connectivity index (χ2n) is 7.72. The third kappa shape index (κ3) is 3.77. The van der Waals surface area contributed by atoms with Crippen molar-refractivity contribution in [3.8, 4) is 6.07 Å². The first-order chi connectivity index (χ1) is 9.82. The lowest BCUT2D eigenvalue weighted by Crippen LogP contribution is -2.55. The second kappa shape index (κ2) is 6.36. The van der Waals surface area contributed by atoms with Crippen molar-refractivity contribution in [2.24, 2.45) is 17.3 Å². The van der Waals surface area contributed by atoms with Crippen molar-refractivity contribution < 1.29 is 4.79 Å². The standard InChI is InChI=1S/C17H29N3O/c1-13(21)19-7-9-20(10-8-19)16-11-15(17(2,3)4)6-5-14(16)12-18/h14-16H,5-11H2,1-4H3. The molecule has 1 saturated carbocycles. The van der Waals surface area contributed by atoms with Gasteiger partial charge in [0.1, 0.15) is 0 Å². The van der Waals surface area contributed by atoms with Crippen LogP contribution in [0.15, 0.2) is 0 Å². The van der Waals surface area contributed by atoms with E-state index in [1.165, 1.54) is 6.42 Å². The van der Waals surface area contributed by atoms with Crippen molar-refractivity contribution in [1.29, 1.82) is 5.26 Å². The van der Waals surface area contributed by atoms with Crippen molar-refractivity contribution in [1.82, 2.24) is 9.80 Å². The Morgan fingerprint density at radius 2 is 1.76 bits per heavy atom. The molecule has 3 unspecified atom stereocenters. The summed E-state index contributed by atoms with van der Waals surface area (Å²) in [5.41, 5.74) is 0.319. The highest BCUT2D eigenvalue weighted by Gasteiger charge is 2.39. The Morgan fingerprint density at radius 3 is 2.24 bits per heavy atom. The van der Waals surface area contributed by atoms with E-state index in [2.05, 4.69) is 31.7 Å². The molecule has 1 saturated heterocycles. The van der Waals surface area contributed by atoms with Gasteiger partial charge in [-0.2, -0.15) is 5.26 Å². The quantitative estimate of drug-likeness (QED) is 0.746. The maximum atomic E-state index is 11.4. The van der Waals surface area contributed by atoms with Crippen LogP contribution in [-0.4, -0.2) is 47.9 Å². The average Bonchev–Trinajstić information content (AvgIpc) is 2.45. The van der Waals surface area contributed by atoms with Gasteiger partial charge in [0, 0.05) is 39.1 Å². The molecule has 2 rings (SSSR count). The van der Waals surface area contributed by atoms with Crippen LogP contribution >= 0.6 is 0 Å². The van der Waals surface area contributed by atoms with Gasteiger partial charge in [0.25, 0.3) is 0 Å². The number of amides is 1. The smallest absolute Gasteiger partial charge is 0.219 e. The third-order valence-corrected chi connectivity index (χ3v) is 5.44.